The molecule has 1 fully saturated rings. The lowest BCUT2D eigenvalue weighted by molar-refractivity contribution is -0.119. The summed E-state index contributed by atoms with van der Waals surface area (Å²) >= 11 is 0. The van der Waals surface area contributed by atoms with Crippen molar-refractivity contribution >= 4 is 31.6 Å². The zero-order valence-electron chi connectivity index (χ0n) is 12.3. The van der Waals surface area contributed by atoms with E-state index in [2.05, 4.69) is 4.72 Å². The molecule has 1 atom stereocenters. The minimum atomic E-state index is -3.68. The summed E-state index contributed by atoms with van der Waals surface area (Å²) in [5.41, 5.74) is 0.156. The van der Waals surface area contributed by atoms with Gasteiger partial charge in [-0.15, -0.1) is 0 Å². The molecule has 1 amide bonds. The van der Waals surface area contributed by atoms with Crippen LogP contribution in [0.2, 0.25) is 0 Å². The van der Waals surface area contributed by atoms with Crippen LogP contribution in [0.1, 0.15) is 20.3 Å². The summed E-state index contributed by atoms with van der Waals surface area (Å²) in [5, 5.41) is 0. The molecule has 22 heavy (non-hydrogen) atoms. The van der Waals surface area contributed by atoms with Crippen LogP contribution in [-0.4, -0.2) is 35.0 Å². The average molecular weight is 346 g/mol. The van der Waals surface area contributed by atoms with Gasteiger partial charge in [0.15, 0.2) is 0 Å². The highest BCUT2D eigenvalue weighted by atomic mass is 32.2. The molecule has 0 aromatic heterocycles. The van der Waals surface area contributed by atoms with E-state index in [-0.39, 0.29) is 16.3 Å². The molecule has 1 saturated heterocycles. The molecule has 122 valence electrons. The van der Waals surface area contributed by atoms with E-state index in [4.69, 9.17) is 0 Å². The molecule has 0 aliphatic carbocycles. The number of carbonyl (C=O) groups excluding carboxylic acids is 1. The third-order valence-electron chi connectivity index (χ3n) is 3.28. The number of nitrogens with zero attached hydrogens (tertiary/aromatic N) is 1. The van der Waals surface area contributed by atoms with Crippen molar-refractivity contribution in [3.8, 4) is 0 Å². The van der Waals surface area contributed by atoms with Gasteiger partial charge in [-0.25, -0.2) is 25.9 Å². The molecule has 1 aliphatic heterocycles. The Balaban J connectivity index is 2.32. The first kappa shape index (κ1) is 16.9. The van der Waals surface area contributed by atoms with Gasteiger partial charge in [0.1, 0.15) is 0 Å². The summed E-state index contributed by atoms with van der Waals surface area (Å²) in [4.78, 5) is 12.0. The lowest BCUT2D eigenvalue weighted by atomic mass is 10.2. The number of rotatable bonds is 5. The Hall–Kier alpha value is -1.45. The number of hydrogen-bond acceptors (Lipinski definition) is 5. The number of anilines is 1. The van der Waals surface area contributed by atoms with E-state index in [0.717, 1.165) is 4.31 Å². The second kappa shape index (κ2) is 5.98. The summed E-state index contributed by atoms with van der Waals surface area (Å²) in [6, 6.07) is 5.24. The first-order valence-corrected chi connectivity index (χ1v) is 9.95. The SMILES string of the molecule is CCCNS(=O)(=O)c1ccc(N2C(=O)[C@H](C)CS2(=O)=O)cc1. The highest BCUT2D eigenvalue weighted by molar-refractivity contribution is 7.94. The number of hydrogen-bond donors (Lipinski definition) is 1. The summed E-state index contributed by atoms with van der Waals surface area (Å²) < 4.78 is 51.0. The van der Waals surface area contributed by atoms with Crippen LogP contribution < -0.4 is 9.03 Å². The van der Waals surface area contributed by atoms with Gasteiger partial charge < -0.3 is 0 Å². The first-order chi connectivity index (χ1) is 10.2. The largest absolute Gasteiger partial charge is 0.273 e. The Bertz CT molecular complexity index is 769. The fraction of sp³-hybridized carbons (Fsp3) is 0.462. The third kappa shape index (κ3) is 3.16. The molecular formula is C13H18N2O5S2. The Morgan fingerprint density at radius 1 is 1.27 bits per heavy atom. The smallest absolute Gasteiger partial charge is 0.244 e. The molecule has 1 aliphatic rings. The molecule has 1 heterocycles. The highest BCUT2D eigenvalue weighted by Crippen LogP contribution is 2.28. The number of benzene rings is 1. The molecule has 0 radical (unpaired) electrons. The Morgan fingerprint density at radius 2 is 1.86 bits per heavy atom. The monoisotopic (exact) mass is 346 g/mol. The first-order valence-electron chi connectivity index (χ1n) is 6.85. The van der Waals surface area contributed by atoms with Crippen LogP contribution >= 0.6 is 0 Å². The normalized spacial score (nSPS) is 21.3. The van der Waals surface area contributed by atoms with E-state index in [1.807, 2.05) is 6.92 Å². The highest BCUT2D eigenvalue weighted by Gasteiger charge is 2.41. The zero-order valence-corrected chi connectivity index (χ0v) is 13.9. The van der Waals surface area contributed by atoms with Gasteiger partial charge in [-0.2, -0.15) is 0 Å². The molecule has 0 unspecified atom stereocenters. The van der Waals surface area contributed by atoms with Gasteiger partial charge >= 0.3 is 0 Å². The van der Waals surface area contributed by atoms with Gasteiger partial charge in [0, 0.05) is 6.54 Å². The molecule has 7 nitrogen and oxygen atoms in total. The minimum absolute atomic E-state index is 0.0294. The molecule has 1 N–H and O–H groups in total. The van der Waals surface area contributed by atoms with Crippen molar-refractivity contribution in [1.29, 1.82) is 0 Å². The third-order valence-corrected chi connectivity index (χ3v) is 6.63. The maximum atomic E-state index is 12.0. The van der Waals surface area contributed by atoms with Crippen LogP contribution in [0.25, 0.3) is 0 Å². The zero-order chi connectivity index (χ0) is 16.5. The molecule has 9 heteroatoms. The van der Waals surface area contributed by atoms with Crippen molar-refractivity contribution in [2.75, 3.05) is 16.6 Å². The Kier molecular flexibility index (Phi) is 4.59. The van der Waals surface area contributed by atoms with E-state index in [1.54, 1.807) is 6.92 Å². The molecule has 0 spiro atoms. The quantitative estimate of drug-likeness (QED) is 0.845. The predicted octanol–water partition coefficient (Wildman–Crippen LogP) is 0.687. The summed E-state index contributed by atoms with van der Waals surface area (Å²) in [6.45, 7) is 3.71. The van der Waals surface area contributed by atoms with Crippen LogP contribution in [0, 0.1) is 5.92 Å². The average Bonchev–Trinajstić information content (AvgIpc) is 2.65. The van der Waals surface area contributed by atoms with E-state index in [9.17, 15) is 21.6 Å². The summed E-state index contributed by atoms with van der Waals surface area (Å²) in [5.74, 6) is -1.33. The second-order valence-corrected chi connectivity index (χ2v) is 8.80. The molecular weight excluding hydrogens is 328 g/mol. The number of carbonyl (C=O) groups is 1. The van der Waals surface area contributed by atoms with Crippen LogP contribution in [-0.2, 0) is 24.8 Å². The standard InChI is InChI=1S/C13H18N2O5S2/c1-3-8-14-22(19,20)12-6-4-11(5-7-12)15-13(16)10(2)9-21(15,17)18/h4-7,10,14H,3,8-9H2,1-2H3/t10-/m1/s1. The number of sulfonamides is 2. The molecule has 2 rings (SSSR count). The molecule has 1 aromatic carbocycles. The van der Waals surface area contributed by atoms with Crippen LogP contribution in [0.5, 0.6) is 0 Å². The topological polar surface area (TPSA) is 101 Å². The second-order valence-electron chi connectivity index (χ2n) is 5.17. The van der Waals surface area contributed by atoms with Gasteiger partial charge in [-0.1, -0.05) is 13.8 Å². The van der Waals surface area contributed by atoms with Gasteiger partial charge in [0.25, 0.3) is 0 Å². The van der Waals surface area contributed by atoms with Gasteiger partial charge in [0.2, 0.25) is 26.0 Å². The van der Waals surface area contributed by atoms with Crippen LogP contribution in [0.3, 0.4) is 0 Å². The van der Waals surface area contributed by atoms with E-state index in [1.165, 1.54) is 24.3 Å². The van der Waals surface area contributed by atoms with E-state index < -0.39 is 31.9 Å². The van der Waals surface area contributed by atoms with Gasteiger partial charge in [-0.05, 0) is 30.7 Å². The fourth-order valence-corrected chi connectivity index (χ4v) is 5.12. The van der Waals surface area contributed by atoms with Crippen molar-refractivity contribution in [2.45, 2.75) is 25.2 Å². The lowest BCUT2D eigenvalue weighted by Gasteiger charge is -2.15. The van der Waals surface area contributed by atoms with E-state index >= 15 is 0 Å². The summed E-state index contributed by atoms with van der Waals surface area (Å²) in [6.07, 6.45) is 0.662. The maximum absolute atomic E-state index is 12.0. The predicted molar refractivity (Wildman–Crippen MR) is 82.4 cm³/mol. The Morgan fingerprint density at radius 3 is 2.32 bits per heavy atom. The Labute approximate surface area is 130 Å². The van der Waals surface area contributed by atoms with Crippen molar-refractivity contribution in [1.82, 2.24) is 4.72 Å². The maximum Gasteiger partial charge on any atom is 0.244 e. The molecule has 1 aromatic rings. The van der Waals surface area contributed by atoms with Crippen molar-refractivity contribution in [3.63, 3.8) is 0 Å². The minimum Gasteiger partial charge on any atom is -0.273 e. The van der Waals surface area contributed by atoms with Crippen molar-refractivity contribution in [2.24, 2.45) is 5.92 Å². The molecule has 0 bridgehead atoms. The van der Waals surface area contributed by atoms with Crippen LogP contribution in [0.4, 0.5) is 5.69 Å². The number of amides is 1. The van der Waals surface area contributed by atoms with Gasteiger partial charge in [0.05, 0.1) is 22.3 Å². The van der Waals surface area contributed by atoms with E-state index in [0.29, 0.717) is 13.0 Å². The number of nitrogens with one attached hydrogen (secondary N) is 1. The van der Waals surface area contributed by atoms with Crippen molar-refractivity contribution < 1.29 is 21.6 Å². The van der Waals surface area contributed by atoms with Gasteiger partial charge in [-0.3, -0.25) is 4.79 Å². The van der Waals surface area contributed by atoms with Crippen molar-refractivity contribution in [3.05, 3.63) is 24.3 Å². The summed E-state index contributed by atoms with van der Waals surface area (Å²) in [7, 11) is -7.30. The lowest BCUT2D eigenvalue weighted by Crippen LogP contribution is -2.30. The molecule has 0 saturated carbocycles. The fourth-order valence-electron chi connectivity index (χ4n) is 2.17. The van der Waals surface area contributed by atoms with Crippen LogP contribution in [0.15, 0.2) is 29.2 Å².